The van der Waals surface area contributed by atoms with Gasteiger partial charge in [-0.25, -0.2) is 9.48 Å². The molecule has 2 N–H and O–H groups in total. The first-order valence-corrected chi connectivity index (χ1v) is 15.3. The summed E-state index contributed by atoms with van der Waals surface area (Å²) in [5.74, 6) is -1.22. The minimum Gasteiger partial charge on any atom is -0.477 e. The molecule has 7 heteroatoms. The molecule has 0 saturated heterocycles. The fraction of sp³-hybridized carbons (Fsp3) is 0.105. The quantitative estimate of drug-likeness (QED) is 0.193. The molecule has 0 amide bonds. The van der Waals surface area contributed by atoms with E-state index in [2.05, 4.69) is 76.7 Å². The highest BCUT2D eigenvalue weighted by molar-refractivity contribution is 6.38. The Hall–Kier alpha value is -5.33. The van der Waals surface area contributed by atoms with Crippen molar-refractivity contribution in [2.45, 2.75) is 19.3 Å². The summed E-state index contributed by atoms with van der Waals surface area (Å²) in [5, 5.41) is 13.0. The number of hydrogen-bond acceptors (Lipinski definition) is 3. The van der Waals surface area contributed by atoms with Crippen LogP contribution in [0.25, 0.3) is 28.5 Å². The molecule has 7 rings (SSSR count). The summed E-state index contributed by atoms with van der Waals surface area (Å²) in [5.41, 5.74) is 8.36. The van der Waals surface area contributed by atoms with Gasteiger partial charge in [-0.15, -0.1) is 0 Å². The SMILES string of the molecule is O=C(O)c1[nH]n(-c2ccccc2)c(=O)c1C1=CCC(/C=C/c2ccc3c(c2)CCCN3c2cccc(-c3ccccc3)c2)=C1Cl. The van der Waals surface area contributed by atoms with Gasteiger partial charge in [-0.2, -0.15) is 0 Å². The number of nitrogens with one attached hydrogen (secondary N) is 1. The van der Waals surface area contributed by atoms with E-state index in [1.165, 1.54) is 32.7 Å². The fourth-order valence-electron chi connectivity index (χ4n) is 6.19. The van der Waals surface area contributed by atoms with Crippen LogP contribution in [-0.2, 0) is 6.42 Å². The Morgan fingerprint density at radius 1 is 0.844 bits per heavy atom. The Balaban J connectivity index is 1.15. The van der Waals surface area contributed by atoms with E-state index in [9.17, 15) is 14.7 Å². The Labute approximate surface area is 265 Å². The zero-order valence-electron chi connectivity index (χ0n) is 24.4. The number of benzene rings is 4. The molecule has 1 aromatic heterocycles. The number of anilines is 2. The highest BCUT2D eigenvalue weighted by Crippen LogP contribution is 2.39. The predicted octanol–water partition coefficient (Wildman–Crippen LogP) is 8.61. The highest BCUT2D eigenvalue weighted by atomic mass is 35.5. The Kier molecular flexibility index (Phi) is 7.57. The molecule has 0 unspecified atom stereocenters. The number of rotatable bonds is 7. The van der Waals surface area contributed by atoms with Crippen LogP contribution >= 0.6 is 11.6 Å². The average molecular weight is 612 g/mol. The molecule has 5 aromatic rings. The number of hydrogen-bond donors (Lipinski definition) is 2. The molecule has 2 heterocycles. The Morgan fingerprint density at radius 3 is 2.36 bits per heavy atom. The third kappa shape index (κ3) is 5.45. The van der Waals surface area contributed by atoms with Gasteiger partial charge in [0.1, 0.15) is 0 Å². The first-order valence-electron chi connectivity index (χ1n) is 15.0. The minimum atomic E-state index is -1.22. The molecule has 1 aliphatic heterocycles. The summed E-state index contributed by atoms with van der Waals surface area (Å²) in [4.78, 5) is 27.9. The van der Waals surface area contributed by atoms with Gasteiger partial charge in [-0.3, -0.25) is 9.89 Å². The lowest BCUT2D eigenvalue weighted by Gasteiger charge is -2.32. The largest absolute Gasteiger partial charge is 0.477 e. The van der Waals surface area contributed by atoms with Crippen molar-refractivity contribution in [3.63, 3.8) is 0 Å². The van der Waals surface area contributed by atoms with Crippen molar-refractivity contribution >= 4 is 40.6 Å². The predicted molar refractivity (Wildman–Crippen MR) is 182 cm³/mol. The van der Waals surface area contributed by atoms with E-state index >= 15 is 0 Å². The summed E-state index contributed by atoms with van der Waals surface area (Å²) >= 11 is 6.81. The number of aromatic carboxylic acids is 1. The molecule has 0 radical (unpaired) electrons. The topological polar surface area (TPSA) is 78.3 Å². The molecule has 0 saturated carbocycles. The molecule has 6 nitrogen and oxygen atoms in total. The molecule has 222 valence electrons. The van der Waals surface area contributed by atoms with Gasteiger partial charge >= 0.3 is 5.97 Å². The lowest BCUT2D eigenvalue weighted by molar-refractivity contribution is 0.0689. The molecular weight excluding hydrogens is 582 g/mol. The van der Waals surface area contributed by atoms with Crippen LogP contribution in [0.1, 0.15) is 40.0 Å². The highest BCUT2D eigenvalue weighted by Gasteiger charge is 2.28. The number of aryl methyl sites for hydroxylation is 1. The van der Waals surface area contributed by atoms with Crippen LogP contribution in [0.4, 0.5) is 11.4 Å². The van der Waals surface area contributed by atoms with E-state index in [1.54, 1.807) is 24.3 Å². The van der Waals surface area contributed by atoms with Gasteiger partial charge in [-0.1, -0.05) is 96.6 Å². The van der Waals surface area contributed by atoms with Crippen molar-refractivity contribution in [1.29, 1.82) is 0 Å². The smallest absolute Gasteiger partial charge is 0.354 e. The van der Waals surface area contributed by atoms with E-state index in [4.69, 9.17) is 11.6 Å². The lowest BCUT2D eigenvalue weighted by atomic mass is 9.97. The van der Waals surface area contributed by atoms with Crippen molar-refractivity contribution in [3.8, 4) is 16.8 Å². The molecule has 0 fully saturated rings. The van der Waals surface area contributed by atoms with Crippen LogP contribution in [0.15, 0.2) is 131 Å². The molecule has 2 aliphatic rings. The number of para-hydroxylation sites is 1. The molecule has 4 aromatic carbocycles. The van der Waals surface area contributed by atoms with Crippen LogP contribution in [0.2, 0.25) is 0 Å². The number of carbonyl (C=O) groups is 1. The van der Waals surface area contributed by atoms with Crippen LogP contribution in [0.5, 0.6) is 0 Å². The monoisotopic (exact) mass is 611 g/mol. The van der Waals surface area contributed by atoms with Crippen LogP contribution in [0.3, 0.4) is 0 Å². The second-order valence-corrected chi connectivity index (χ2v) is 11.6. The van der Waals surface area contributed by atoms with Gasteiger partial charge in [0, 0.05) is 23.5 Å². The van der Waals surface area contributed by atoms with E-state index in [0.29, 0.717) is 22.7 Å². The molecule has 1 aliphatic carbocycles. The van der Waals surface area contributed by atoms with Gasteiger partial charge in [0.15, 0.2) is 5.69 Å². The van der Waals surface area contributed by atoms with Gasteiger partial charge < -0.3 is 10.0 Å². The zero-order chi connectivity index (χ0) is 30.9. The van der Waals surface area contributed by atoms with E-state index in [0.717, 1.165) is 30.5 Å². The van der Waals surface area contributed by atoms with E-state index in [-0.39, 0.29) is 11.3 Å². The van der Waals surface area contributed by atoms with Gasteiger partial charge in [-0.05, 0) is 83.5 Å². The average Bonchev–Trinajstić information content (AvgIpc) is 3.62. The number of nitrogens with zero attached hydrogens (tertiary/aromatic N) is 2. The Morgan fingerprint density at radius 2 is 1.58 bits per heavy atom. The zero-order valence-corrected chi connectivity index (χ0v) is 25.2. The second-order valence-electron chi connectivity index (χ2n) is 11.2. The van der Waals surface area contributed by atoms with Crippen molar-refractivity contribution in [1.82, 2.24) is 9.78 Å². The van der Waals surface area contributed by atoms with Crippen LogP contribution in [-0.4, -0.2) is 27.4 Å². The number of allylic oxidation sites excluding steroid dienone is 5. The van der Waals surface area contributed by atoms with Crippen molar-refractivity contribution in [2.24, 2.45) is 0 Å². The van der Waals surface area contributed by atoms with E-state index < -0.39 is 11.5 Å². The summed E-state index contributed by atoms with van der Waals surface area (Å²) in [6.07, 6.45) is 8.36. The number of H-pyrrole nitrogens is 1. The van der Waals surface area contributed by atoms with Crippen LogP contribution < -0.4 is 10.5 Å². The third-order valence-electron chi connectivity index (χ3n) is 8.40. The first-order chi connectivity index (χ1) is 22.0. The standard InChI is InChI=1S/C38H30ClN3O3/c39-35-27(19-20-32(35)34-36(38(44)45)40-42(37(34)43)30-13-5-2-6-14-30)18-16-25-17-21-33-29(23-25)12-8-22-41(33)31-15-7-11-28(24-31)26-9-3-1-4-10-26/h1-7,9-11,13-18,20-21,23-24,40H,8,12,19,22H2,(H,44,45)/b18-16+. The Bertz CT molecular complexity index is 2070. The maximum Gasteiger partial charge on any atom is 0.354 e. The maximum absolute atomic E-state index is 13.4. The van der Waals surface area contributed by atoms with Crippen molar-refractivity contribution < 1.29 is 9.90 Å². The van der Waals surface area contributed by atoms with Gasteiger partial charge in [0.2, 0.25) is 0 Å². The lowest BCUT2D eigenvalue weighted by Crippen LogP contribution is -2.24. The third-order valence-corrected chi connectivity index (χ3v) is 8.84. The van der Waals surface area contributed by atoms with Crippen molar-refractivity contribution in [2.75, 3.05) is 11.4 Å². The second kappa shape index (κ2) is 12.0. The summed E-state index contributed by atoms with van der Waals surface area (Å²) in [6, 6.07) is 34.5. The van der Waals surface area contributed by atoms with Crippen LogP contribution in [0, 0.1) is 0 Å². The number of carboxylic acid groups (broad SMARTS) is 1. The van der Waals surface area contributed by atoms with Gasteiger partial charge in [0.25, 0.3) is 5.56 Å². The molecule has 0 bridgehead atoms. The molecular formula is C38H30ClN3O3. The fourth-order valence-corrected chi connectivity index (χ4v) is 6.50. The number of aromatic amines is 1. The molecule has 45 heavy (non-hydrogen) atoms. The normalized spacial score (nSPS) is 14.6. The minimum absolute atomic E-state index is 0.0601. The maximum atomic E-state index is 13.4. The number of fused-ring (bicyclic) bond motifs is 1. The summed E-state index contributed by atoms with van der Waals surface area (Å²) < 4.78 is 1.24. The number of aromatic nitrogens is 2. The summed E-state index contributed by atoms with van der Waals surface area (Å²) in [7, 11) is 0. The van der Waals surface area contributed by atoms with Gasteiger partial charge in [0.05, 0.1) is 16.3 Å². The first kappa shape index (κ1) is 28.4. The number of halogens is 1. The molecule has 0 atom stereocenters. The van der Waals surface area contributed by atoms with E-state index in [1.807, 2.05) is 30.4 Å². The summed E-state index contributed by atoms with van der Waals surface area (Å²) in [6.45, 7) is 0.959. The number of carboxylic acids is 1. The van der Waals surface area contributed by atoms with Crippen molar-refractivity contribution in [3.05, 3.63) is 159 Å². The molecule has 0 spiro atoms.